The lowest BCUT2D eigenvalue weighted by Gasteiger charge is -2.18. The molecular formula is C16H19BrN4O. The summed E-state index contributed by atoms with van der Waals surface area (Å²) in [4.78, 5) is 23.0. The Morgan fingerprint density at radius 3 is 2.64 bits per heavy atom. The third-order valence-electron chi connectivity index (χ3n) is 3.36. The molecule has 0 atom stereocenters. The molecule has 22 heavy (non-hydrogen) atoms. The first-order valence-corrected chi connectivity index (χ1v) is 8.00. The average Bonchev–Trinajstić information content (AvgIpc) is 2.51. The second-order valence-corrected chi connectivity index (χ2v) is 5.74. The number of nitrogens with zero attached hydrogens (tertiary/aromatic N) is 3. The third kappa shape index (κ3) is 3.82. The molecule has 0 fully saturated rings. The van der Waals surface area contributed by atoms with E-state index in [-0.39, 0.29) is 5.91 Å². The first kappa shape index (κ1) is 16.4. The van der Waals surface area contributed by atoms with E-state index >= 15 is 0 Å². The van der Waals surface area contributed by atoms with Crippen LogP contribution < -0.4 is 10.2 Å². The van der Waals surface area contributed by atoms with Crippen molar-refractivity contribution in [3.05, 3.63) is 46.2 Å². The summed E-state index contributed by atoms with van der Waals surface area (Å²) in [6.45, 7) is 7.61. The first-order valence-electron chi connectivity index (χ1n) is 7.20. The van der Waals surface area contributed by atoms with Gasteiger partial charge in [0.2, 0.25) is 5.95 Å². The van der Waals surface area contributed by atoms with E-state index in [1.807, 2.05) is 43.9 Å². The van der Waals surface area contributed by atoms with Crippen LogP contribution in [0.5, 0.6) is 0 Å². The van der Waals surface area contributed by atoms with Crippen LogP contribution in [-0.4, -0.2) is 29.0 Å². The van der Waals surface area contributed by atoms with Crippen LogP contribution in [0.15, 0.2) is 34.9 Å². The summed E-state index contributed by atoms with van der Waals surface area (Å²) in [6, 6.07) is 7.33. The minimum absolute atomic E-state index is 0.235. The van der Waals surface area contributed by atoms with Gasteiger partial charge in [-0.25, -0.2) is 9.97 Å². The Morgan fingerprint density at radius 1 is 1.27 bits per heavy atom. The van der Waals surface area contributed by atoms with Crippen molar-refractivity contribution < 1.29 is 4.79 Å². The molecule has 1 aromatic carbocycles. The van der Waals surface area contributed by atoms with E-state index in [9.17, 15) is 4.79 Å². The van der Waals surface area contributed by atoms with E-state index in [0.717, 1.165) is 28.8 Å². The number of carbonyl (C=O) groups is 1. The molecule has 0 saturated carbocycles. The highest BCUT2D eigenvalue weighted by Crippen LogP contribution is 2.20. The van der Waals surface area contributed by atoms with Gasteiger partial charge in [0.05, 0.1) is 0 Å². The van der Waals surface area contributed by atoms with Crippen LogP contribution in [0.1, 0.15) is 29.9 Å². The minimum atomic E-state index is -0.235. The van der Waals surface area contributed by atoms with E-state index in [1.54, 1.807) is 12.3 Å². The van der Waals surface area contributed by atoms with Crippen LogP contribution in [0.2, 0.25) is 0 Å². The van der Waals surface area contributed by atoms with Gasteiger partial charge in [-0.15, -0.1) is 0 Å². The predicted molar refractivity (Wildman–Crippen MR) is 92.4 cm³/mol. The minimum Gasteiger partial charge on any atom is -0.341 e. The maximum atomic E-state index is 12.4. The van der Waals surface area contributed by atoms with Gasteiger partial charge in [-0.05, 0) is 50.6 Å². The van der Waals surface area contributed by atoms with Crippen LogP contribution in [0.4, 0.5) is 11.6 Å². The third-order valence-corrected chi connectivity index (χ3v) is 3.85. The number of halogens is 1. The summed E-state index contributed by atoms with van der Waals surface area (Å²) >= 11 is 3.41. The Balaban J connectivity index is 2.21. The molecule has 0 aliphatic carbocycles. The topological polar surface area (TPSA) is 58.1 Å². The van der Waals surface area contributed by atoms with Gasteiger partial charge >= 0.3 is 0 Å². The Morgan fingerprint density at radius 2 is 2.00 bits per heavy atom. The Kier molecular flexibility index (Phi) is 5.49. The van der Waals surface area contributed by atoms with Gasteiger partial charge in [-0.1, -0.05) is 15.9 Å². The van der Waals surface area contributed by atoms with Crippen molar-refractivity contribution >= 4 is 33.5 Å². The summed E-state index contributed by atoms with van der Waals surface area (Å²) < 4.78 is 0.980. The van der Waals surface area contributed by atoms with Gasteiger partial charge in [-0.3, -0.25) is 4.79 Å². The van der Waals surface area contributed by atoms with Crippen LogP contribution >= 0.6 is 15.9 Å². The van der Waals surface area contributed by atoms with Crippen molar-refractivity contribution in [2.24, 2.45) is 0 Å². The van der Waals surface area contributed by atoms with E-state index in [4.69, 9.17) is 0 Å². The molecule has 0 aliphatic rings. The molecule has 6 heteroatoms. The number of hydrogen-bond donors (Lipinski definition) is 1. The molecule has 0 spiro atoms. The molecule has 116 valence electrons. The van der Waals surface area contributed by atoms with Crippen molar-refractivity contribution in [1.29, 1.82) is 0 Å². The quantitative estimate of drug-likeness (QED) is 0.881. The molecule has 5 nitrogen and oxygen atoms in total. The highest BCUT2D eigenvalue weighted by Gasteiger charge is 2.12. The Labute approximate surface area is 138 Å². The first-order chi connectivity index (χ1) is 10.5. The zero-order chi connectivity index (χ0) is 16.1. The molecule has 2 rings (SSSR count). The second kappa shape index (κ2) is 7.35. The Hall–Kier alpha value is -1.95. The number of rotatable bonds is 5. The number of amides is 1. The molecule has 1 N–H and O–H groups in total. The number of aromatic nitrogens is 2. The van der Waals surface area contributed by atoms with Crippen LogP contribution in [0.3, 0.4) is 0 Å². The van der Waals surface area contributed by atoms with Crippen molar-refractivity contribution in [1.82, 2.24) is 9.97 Å². The number of anilines is 2. The van der Waals surface area contributed by atoms with Gasteiger partial charge in [0.1, 0.15) is 5.69 Å². The lowest BCUT2D eigenvalue weighted by Crippen LogP contribution is -2.25. The monoisotopic (exact) mass is 362 g/mol. The molecule has 0 radical (unpaired) electrons. The van der Waals surface area contributed by atoms with E-state index < -0.39 is 0 Å². The number of nitrogens with one attached hydrogen (secondary N) is 1. The fourth-order valence-electron chi connectivity index (χ4n) is 2.09. The summed E-state index contributed by atoms with van der Waals surface area (Å²) in [5, 5.41) is 2.89. The lowest BCUT2D eigenvalue weighted by atomic mass is 10.2. The fourth-order valence-corrected chi connectivity index (χ4v) is 2.56. The van der Waals surface area contributed by atoms with Gasteiger partial charge in [0.25, 0.3) is 5.91 Å². The number of benzene rings is 1. The molecular weight excluding hydrogens is 344 g/mol. The maximum absolute atomic E-state index is 12.4. The molecule has 2 aromatic rings. The van der Waals surface area contributed by atoms with Crippen LogP contribution in [0, 0.1) is 6.92 Å². The predicted octanol–water partition coefficient (Wildman–Crippen LogP) is 3.65. The zero-order valence-corrected chi connectivity index (χ0v) is 14.5. The standard InChI is InChI=1S/C16H19BrN4O/c1-4-21(5-2)16-18-9-8-14(20-16)15(22)19-13-7-6-12(17)10-11(13)3/h6-10H,4-5H2,1-3H3,(H,19,22). The summed E-state index contributed by atoms with van der Waals surface area (Å²) in [7, 11) is 0. The largest absolute Gasteiger partial charge is 0.341 e. The SMILES string of the molecule is CCN(CC)c1nccc(C(=O)Nc2ccc(Br)cc2C)n1. The molecule has 1 amide bonds. The average molecular weight is 363 g/mol. The highest BCUT2D eigenvalue weighted by molar-refractivity contribution is 9.10. The van der Waals surface area contributed by atoms with Crippen molar-refractivity contribution in [2.45, 2.75) is 20.8 Å². The number of aryl methyl sites for hydroxylation is 1. The summed E-state index contributed by atoms with van der Waals surface area (Å²) in [6.07, 6.45) is 1.62. The lowest BCUT2D eigenvalue weighted by molar-refractivity contribution is 0.102. The molecule has 0 bridgehead atoms. The number of hydrogen-bond acceptors (Lipinski definition) is 4. The zero-order valence-electron chi connectivity index (χ0n) is 12.9. The highest BCUT2D eigenvalue weighted by atomic mass is 79.9. The number of carbonyl (C=O) groups excluding carboxylic acids is 1. The van der Waals surface area contributed by atoms with E-state index in [1.165, 1.54) is 0 Å². The normalized spacial score (nSPS) is 10.4. The Bertz CT molecular complexity index is 671. The van der Waals surface area contributed by atoms with Crippen molar-refractivity contribution in [3.63, 3.8) is 0 Å². The molecule has 0 saturated heterocycles. The summed E-state index contributed by atoms with van der Waals surface area (Å²) in [5.41, 5.74) is 2.12. The molecule has 1 aromatic heterocycles. The maximum Gasteiger partial charge on any atom is 0.274 e. The van der Waals surface area contributed by atoms with Crippen molar-refractivity contribution in [3.8, 4) is 0 Å². The van der Waals surface area contributed by atoms with Crippen LogP contribution in [0.25, 0.3) is 0 Å². The molecule has 0 aliphatic heterocycles. The van der Waals surface area contributed by atoms with Crippen LogP contribution in [-0.2, 0) is 0 Å². The van der Waals surface area contributed by atoms with Crippen molar-refractivity contribution in [2.75, 3.05) is 23.3 Å². The molecule has 0 unspecified atom stereocenters. The second-order valence-electron chi connectivity index (χ2n) is 4.83. The van der Waals surface area contributed by atoms with E-state index in [2.05, 4.69) is 31.2 Å². The van der Waals surface area contributed by atoms with E-state index in [0.29, 0.717) is 11.6 Å². The van der Waals surface area contributed by atoms with Gasteiger partial charge in [0.15, 0.2) is 0 Å². The molecule has 1 heterocycles. The van der Waals surface area contributed by atoms with Gasteiger partial charge < -0.3 is 10.2 Å². The van der Waals surface area contributed by atoms with Gasteiger partial charge in [0, 0.05) is 29.4 Å². The fraction of sp³-hybridized carbons (Fsp3) is 0.312. The smallest absolute Gasteiger partial charge is 0.274 e. The van der Waals surface area contributed by atoms with Gasteiger partial charge in [-0.2, -0.15) is 0 Å². The summed E-state index contributed by atoms with van der Waals surface area (Å²) in [5.74, 6) is 0.339.